The van der Waals surface area contributed by atoms with Gasteiger partial charge in [0.05, 0.1) is 5.25 Å². The van der Waals surface area contributed by atoms with Gasteiger partial charge in [-0.3, -0.25) is 9.59 Å². The molecule has 1 N–H and O–H groups in total. The van der Waals surface area contributed by atoms with E-state index in [0.717, 1.165) is 37.3 Å². The summed E-state index contributed by atoms with van der Waals surface area (Å²) in [7, 11) is 0. The fourth-order valence-corrected chi connectivity index (χ4v) is 5.03. The number of hydrogen-bond donors (Lipinski definition) is 1. The zero-order chi connectivity index (χ0) is 20.9. The summed E-state index contributed by atoms with van der Waals surface area (Å²) in [4.78, 5) is 29.2. The molecular formula is C23H26FN3O2S. The van der Waals surface area contributed by atoms with Crippen LogP contribution in [-0.4, -0.2) is 53.9 Å². The fourth-order valence-electron chi connectivity index (χ4n) is 3.96. The van der Waals surface area contributed by atoms with E-state index in [9.17, 15) is 14.0 Å². The Hall–Kier alpha value is -2.54. The van der Waals surface area contributed by atoms with Gasteiger partial charge in [0.15, 0.2) is 0 Å². The highest BCUT2D eigenvalue weighted by Crippen LogP contribution is 2.27. The molecule has 2 aliphatic heterocycles. The Bertz CT molecular complexity index is 898. The molecule has 2 aromatic rings. The Kier molecular flexibility index (Phi) is 6.57. The maximum atomic E-state index is 13.1. The Morgan fingerprint density at radius 3 is 2.57 bits per heavy atom. The molecule has 5 nitrogen and oxygen atoms in total. The Morgan fingerprint density at radius 2 is 1.80 bits per heavy atom. The number of para-hydroxylation sites is 1. The monoisotopic (exact) mass is 427 g/mol. The predicted octanol–water partition coefficient (Wildman–Crippen LogP) is 3.55. The van der Waals surface area contributed by atoms with Crippen LogP contribution in [0.1, 0.15) is 18.4 Å². The molecule has 0 saturated carbocycles. The van der Waals surface area contributed by atoms with Crippen LogP contribution >= 0.6 is 11.8 Å². The summed E-state index contributed by atoms with van der Waals surface area (Å²) in [6.07, 6.45) is 2.10. The number of thioether (sulfide) groups is 1. The van der Waals surface area contributed by atoms with Crippen molar-refractivity contribution >= 4 is 35.0 Å². The topological polar surface area (TPSA) is 52.7 Å². The van der Waals surface area contributed by atoms with Gasteiger partial charge in [0.25, 0.3) is 0 Å². The van der Waals surface area contributed by atoms with Crippen LogP contribution in [0.2, 0.25) is 0 Å². The molecule has 158 valence electrons. The van der Waals surface area contributed by atoms with Crippen LogP contribution in [0.15, 0.2) is 48.5 Å². The first kappa shape index (κ1) is 20.7. The number of halogens is 1. The second-order valence-electron chi connectivity index (χ2n) is 7.64. The molecule has 2 aliphatic rings. The molecule has 0 unspecified atom stereocenters. The second kappa shape index (κ2) is 9.51. The molecule has 1 atom stereocenters. The molecule has 1 saturated heterocycles. The van der Waals surface area contributed by atoms with Gasteiger partial charge in [-0.25, -0.2) is 4.39 Å². The maximum absolute atomic E-state index is 13.1. The molecular weight excluding hydrogens is 401 g/mol. The molecule has 2 amide bonds. The van der Waals surface area contributed by atoms with Crippen LogP contribution in [0, 0.1) is 5.82 Å². The van der Waals surface area contributed by atoms with Gasteiger partial charge in [-0.15, -0.1) is 11.8 Å². The number of nitrogens with one attached hydrogen (secondary N) is 1. The number of aryl methyl sites for hydroxylation is 1. The van der Waals surface area contributed by atoms with Crippen molar-refractivity contribution in [3.05, 3.63) is 59.9 Å². The first-order valence-corrected chi connectivity index (χ1v) is 11.4. The molecule has 4 rings (SSSR count). The number of carbonyl (C=O) groups is 2. The molecule has 2 heterocycles. The summed E-state index contributed by atoms with van der Waals surface area (Å²) in [6.45, 7) is 2.82. The van der Waals surface area contributed by atoms with E-state index in [1.807, 2.05) is 23.1 Å². The van der Waals surface area contributed by atoms with E-state index in [0.29, 0.717) is 25.3 Å². The first-order valence-electron chi connectivity index (χ1n) is 10.4. The van der Waals surface area contributed by atoms with Gasteiger partial charge in [0, 0.05) is 49.7 Å². The van der Waals surface area contributed by atoms with E-state index in [1.165, 1.54) is 17.7 Å². The highest BCUT2D eigenvalue weighted by atomic mass is 32.2. The van der Waals surface area contributed by atoms with E-state index in [-0.39, 0.29) is 22.9 Å². The van der Waals surface area contributed by atoms with Crippen LogP contribution in [0.5, 0.6) is 0 Å². The van der Waals surface area contributed by atoms with Crippen molar-refractivity contribution < 1.29 is 14.0 Å². The van der Waals surface area contributed by atoms with Crippen molar-refractivity contribution in [2.45, 2.75) is 24.5 Å². The van der Waals surface area contributed by atoms with Crippen molar-refractivity contribution in [3.63, 3.8) is 0 Å². The van der Waals surface area contributed by atoms with Crippen molar-refractivity contribution in [1.29, 1.82) is 0 Å². The predicted molar refractivity (Wildman–Crippen MR) is 119 cm³/mol. The molecule has 0 aliphatic carbocycles. The number of piperazine rings is 1. The molecule has 0 radical (unpaired) electrons. The van der Waals surface area contributed by atoms with Crippen LogP contribution in [-0.2, 0) is 16.0 Å². The number of nitrogens with zero attached hydrogens (tertiary/aromatic N) is 2. The second-order valence-corrected chi connectivity index (χ2v) is 8.95. The molecule has 2 aromatic carbocycles. The SMILES string of the molecule is O=C1Nc2ccccc2CC[C@@H]1SCCC(=O)N1CCN(c2ccc(F)cc2)CC1. The largest absolute Gasteiger partial charge is 0.368 e. The van der Waals surface area contributed by atoms with Crippen LogP contribution in [0.3, 0.4) is 0 Å². The van der Waals surface area contributed by atoms with E-state index in [2.05, 4.69) is 16.3 Å². The number of carbonyl (C=O) groups excluding carboxylic acids is 2. The zero-order valence-electron chi connectivity index (χ0n) is 16.9. The summed E-state index contributed by atoms with van der Waals surface area (Å²) in [5, 5.41) is 2.89. The molecule has 0 spiro atoms. The normalized spacial score (nSPS) is 19.1. The van der Waals surface area contributed by atoms with Crippen LogP contribution in [0.4, 0.5) is 15.8 Å². The summed E-state index contributed by atoms with van der Waals surface area (Å²) in [6, 6.07) is 14.4. The molecule has 7 heteroatoms. The Labute approximate surface area is 180 Å². The third-order valence-electron chi connectivity index (χ3n) is 5.70. The first-order chi connectivity index (χ1) is 14.6. The molecule has 0 bridgehead atoms. The van der Waals surface area contributed by atoms with Crippen molar-refractivity contribution in [2.24, 2.45) is 0 Å². The van der Waals surface area contributed by atoms with Crippen molar-refractivity contribution in [1.82, 2.24) is 4.90 Å². The summed E-state index contributed by atoms with van der Waals surface area (Å²) < 4.78 is 13.1. The van der Waals surface area contributed by atoms with Crippen molar-refractivity contribution in [3.8, 4) is 0 Å². The quantitative estimate of drug-likeness (QED) is 0.793. The smallest absolute Gasteiger partial charge is 0.237 e. The van der Waals surface area contributed by atoms with Gasteiger partial charge in [-0.05, 0) is 48.7 Å². The average molecular weight is 428 g/mol. The molecule has 1 fully saturated rings. The van der Waals surface area contributed by atoms with Crippen LogP contribution < -0.4 is 10.2 Å². The van der Waals surface area contributed by atoms with E-state index >= 15 is 0 Å². The Morgan fingerprint density at radius 1 is 1.07 bits per heavy atom. The van der Waals surface area contributed by atoms with E-state index in [1.54, 1.807) is 23.9 Å². The van der Waals surface area contributed by atoms with Gasteiger partial charge in [0.1, 0.15) is 5.82 Å². The number of benzene rings is 2. The molecule has 30 heavy (non-hydrogen) atoms. The van der Waals surface area contributed by atoms with Gasteiger partial charge in [0.2, 0.25) is 11.8 Å². The average Bonchev–Trinajstić information content (AvgIpc) is 2.93. The lowest BCUT2D eigenvalue weighted by Gasteiger charge is -2.36. The minimum Gasteiger partial charge on any atom is -0.368 e. The van der Waals surface area contributed by atoms with Gasteiger partial charge in [-0.2, -0.15) is 0 Å². The minimum absolute atomic E-state index is 0.0327. The van der Waals surface area contributed by atoms with Gasteiger partial charge >= 0.3 is 0 Å². The van der Waals surface area contributed by atoms with Crippen LogP contribution in [0.25, 0.3) is 0 Å². The number of hydrogen-bond acceptors (Lipinski definition) is 4. The lowest BCUT2D eigenvalue weighted by atomic mass is 10.1. The summed E-state index contributed by atoms with van der Waals surface area (Å²) in [5.74, 6) is 0.575. The maximum Gasteiger partial charge on any atom is 0.237 e. The minimum atomic E-state index is -0.240. The highest BCUT2D eigenvalue weighted by Gasteiger charge is 2.25. The van der Waals surface area contributed by atoms with Gasteiger partial charge in [-0.1, -0.05) is 18.2 Å². The van der Waals surface area contributed by atoms with E-state index in [4.69, 9.17) is 0 Å². The van der Waals surface area contributed by atoms with Crippen molar-refractivity contribution in [2.75, 3.05) is 42.1 Å². The third kappa shape index (κ3) is 4.95. The summed E-state index contributed by atoms with van der Waals surface area (Å²) >= 11 is 1.58. The highest BCUT2D eigenvalue weighted by molar-refractivity contribution is 8.00. The van der Waals surface area contributed by atoms with Gasteiger partial charge < -0.3 is 15.1 Å². The fraction of sp³-hybridized carbons (Fsp3) is 0.391. The molecule has 0 aromatic heterocycles. The number of rotatable bonds is 5. The summed E-state index contributed by atoms with van der Waals surface area (Å²) in [5.41, 5.74) is 3.06. The lowest BCUT2D eigenvalue weighted by molar-refractivity contribution is -0.131. The number of anilines is 2. The Balaban J connectivity index is 1.21. The standard InChI is InChI=1S/C23H26FN3O2S/c24-18-6-8-19(9-7-18)26-12-14-27(15-13-26)22(28)11-16-30-21-10-5-17-3-1-2-4-20(17)25-23(21)29/h1-4,6-9,21H,5,10-16H2,(H,25,29)/t21-/m0/s1. The lowest BCUT2D eigenvalue weighted by Crippen LogP contribution is -2.48. The zero-order valence-corrected chi connectivity index (χ0v) is 17.7. The number of amides is 2. The number of fused-ring (bicyclic) bond motifs is 1. The third-order valence-corrected chi connectivity index (χ3v) is 6.99. The van der Waals surface area contributed by atoms with E-state index < -0.39 is 0 Å².